The van der Waals surface area contributed by atoms with E-state index in [2.05, 4.69) is 0 Å². The van der Waals surface area contributed by atoms with E-state index in [9.17, 15) is 9.59 Å². The smallest absolute Gasteiger partial charge is 0.343 e. The Morgan fingerprint density at radius 3 is 2.13 bits per heavy atom. The van der Waals surface area contributed by atoms with Crippen molar-refractivity contribution in [2.24, 2.45) is 5.73 Å². The third kappa shape index (κ3) is 5.85. The molecular formula is C25H31NO5. The molecule has 166 valence electrons. The molecule has 2 N–H and O–H groups in total. The monoisotopic (exact) mass is 425 g/mol. The lowest BCUT2D eigenvalue weighted by Gasteiger charge is -2.30. The summed E-state index contributed by atoms with van der Waals surface area (Å²) in [4.78, 5) is 26.1. The SMILES string of the molecule is CC(C)(C)OC(=O)[C@@](N)(C(=O)OC1CCCC1)c1ccc(OCc2ccccc2)cc1. The summed E-state index contributed by atoms with van der Waals surface area (Å²) in [6.45, 7) is 5.60. The largest absolute Gasteiger partial charge is 0.489 e. The first-order valence-electron chi connectivity index (χ1n) is 10.7. The molecule has 1 atom stereocenters. The highest BCUT2D eigenvalue weighted by Gasteiger charge is 2.49. The van der Waals surface area contributed by atoms with Crippen LogP contribution in [-0.2, 0) is 31.2 Å². The van der Waals surface area contributed by atoms with Crippen molar-refractivity contribution in [1.29, 1.82) is 0 Å². The first kappa shape index (κ1) is 22.8. The van der Waals surface area contributed by atoms with E-state index in [1.165, 1.54) is 0 Å². The molecule has 0 unspecified atom stereocenters. The Bertz CT molecular complexity index is 882. The van der Waals surface area contributed by atoms with Gasteiger partial charge in [0.05, 0.1) is 0 Å². The number of rotatable bonds is 7. The zero-order valence-corrected chi connectivity index (χ0v) is 18.4. The van der Waals surface area contributed by atoms with Gasteiger partial charge in [-0.05, 0) is 69.7 Å². The summed E-state index contributed by atoms with van der Waals surface area (Å²) in [5.74, 6) is -1.02. The second kappa shape index (κ2) is 9.52. The van der Waals surface area contributed by atoms with Gasteiger partial charge in [-0.2, -0.15) is 0 Å². The highest BCUT2D eigenvalue weighted by atomic mass is 16.6. The van der Waals surface area contributed by atoms with Crippen molar-refractivity contribution < 1.29 is 23.8 Å². The van der Waals surface area contributed by atoms with Gasteiger partial charge in [0, 0.05) is 0 Å². The number of esters is 2. The maximum Gasteiger partial charge on any atom is 0.343 e. The maximum absolute atomic E-state index is 13.1. The third-order valence-corrected chi connectivity index (χ3v) is 5.18. The molecule has 0 amide bonds. The minimum atomic E-state index is -2.05. The molecule has 3 rings (SSSR count). The van der Waals surface area contributed by atoms with Crippen LogP contribution in [0.4, 0.5) is 0 Å². The van der Waals surface area contributed by atoms with Crippen molar-refractivity contribution in [2.75, 3.05) is 0 Å². The van der Waals surface area contributed by atoms with Crippen LogP contribution in [0.15, 0.2) is 54.6 Å². The molecule has 0 bridgehead atoms. The predicted octanol–water partition coefficient (Wildman–Crippen LogP) is 4.25. The van der Waals surface area contributed by atoms with Crippen LogP contribution < -0.4 is 10.5 Å². The third-order valence-electron chi connectivity index (χ3n) is 5.18. The first-order chi connectivity index (χ1) is 14.7. The fourth-order valence-electron chi connectivity index (χ4n) is 3.48. The molecule has 0 saturated heterocycles. The fourth-order valence-corrected chi connectivity index (χ4v) is 3.48. The summed E-state index contributed by atoms with van der Waals surface area (Å²) < 4.78 is 16.9. The maximum atomic E-state index is 13.1. The number of benzene rings is 2. The zero-order valence-electron chi connectivity index (χ0n) is 18.4. The van der Waals surface area contributed by atoms with E-state index in [1.54, 1.807) is 45.0 Å². The minimum absolute atomic E-state index is 0.216. The van der Waals surface area contributed by atoms with Gasteiger partial charge >= 0.3 is 11.9 Å². The van der Waals surface area contributed by atoms with Crippen molar-refractivity contribution in [3.05, 3.63) is 65.7 Å². The summed E-state index contributed by atoms with van der Waals surface area (Å²) in [6, 6.07) is 16.4. The molecule has 6 heteroatoms. The van der Waals surface area contributed by atoms with Crippen LogP contribution in [0, 0.1) is 0 Å². The minimum Gasteiger partial charge on any atom is -0.489 e. The average molecular weight is 426 g/mol. The van der Waals surface area contributed by atoms with E-state index < -0.39 is 23.1 Å². The number of carbonyl (C=O) groups excluding carboxylic acids is 2. The van der Waals surface area contributed by atoms with Gasteiger partial charge in [-0.25, -0.2) is 9.59 Å². The van der Waals surface area contributed by atoms with E-state index in [0.717, 1.165) is 31.2 Å². The normalized spacial score (nSPS) is 16.4. The highest BCUT2D eigenvalue weighted by Crippen LogP contribution is 2.30. The van der Waals surface area contributed by atoms with Crippen molar-refractivity contribution in [1.82, 2.24) is 0 Å². The van der Waals surface area contributed by atoms with Crippen LogP contribution in [0.2, 0.25) is 0 Å². The summed E-state index contributed by atoms with van der Waals surface area (Å²) >= 11 is 0. The number of ether oxygens (including phenoxy) is 3. The van der Waals surface area contributed by atoms with E-state index in [1.807, 2.05) is 30.3 Å². The van der Waals surface area contributed by atoms with Crippen LogP contribution in [0.1, 0.15) is 57.6 Å². The Hall–Kier alpha value is -2.86. The van der Waals surface area contributed by atoms with E-state index in [0.29, 0.717) is 17.9 Å². The van der Waals surface area contributed by atoms with Gasteiger partial charge in [-0.3, -0.25) is 0 Å². The lowest BCUT2D eigenvalue weighted by Crippen LogP contribution is -2.55. The van der Waals surface area contributed by atoms with E-state index >= 15 is 0 Å². The Balaban J connectivity index is 1.80. The Labute approximate surface area is 183 Å². The molecule has 1 saturated carbocycles. The van der Waals surface area contributed by atoms with Crippen LogP contribution in [0.3, 0.4) is 0 Å². The average Bonchev–Trinajstić information content (AvgIpc) is 3.24. The van der Waals surface area contributed by atoms with Crippen LogP contribution >= 0.6 is 0 Å². The van der Waals surface area contributed by atoms with Crippen LogP contribution in [0.25, 0.3) is 0 Å². The molecule has 0 aromatic heterocycles. The molecule has 6 nitrogen and oxygen atoms in total. The first-order valence-corrected chi connectivity index (χ1v) is 10.7. The van der Waals surface area contributed by atoms with Gasteiger partial charge in [0.25, 0.3) is 0 Å². The van der Waals surface area contributed by atoms with E-state index in [-0.39, 0.29) is 6.10 Å². The van der Waals surface area contributed by atoms with Gasteiger partial charge in [0.2, 0.25) is 5.54 Å². The van der Waals surface area contributed by atoms with Gasteiger partial charge in [0.1, 0.15) is 24.1 Å². The van der Waals surface area contributed by atoms with Crippen molar-refractivity contribution in [3.63, 3.8) is 0 Å². The number of nitrogens with two attached hydrogens (primary N) is 1. The number of hydrogen-bond acceptors (Lipinski definition) is 6. The summed E-state index contributed by atoms with van der Waals surface area (Å²) in [6.07, 6.45) is 3.33. The number of hydrogen-bond donors (Lipinski definition) is 1. The predicted molar refractivity (Wildman–Crippen MR) is 117 cm³/mol. The van der Waals surface area contributed by atoms with Crippen LogP contribution in [0.5, 0.6) is 5.75 Å². The molecule has 2 aromatic carbocycles. The standard InChI is InChI=1S/C25H31NO5/c1-24(2,3)31-23(28)25(26,22(27)30-21-11-7-8-12-21)19-13-15-20(16-14-19)29-17-18-9-5-4-6-10-18/h4-6,9-10,13-16,21H,7-8,11-12,17,26H2,1-3H3/t25-/m0/s1. The Kier molecular flexibility index (Phi) is 7.01. The van der Waals surface area contributed by atoms with Gasteiger partial charge < -0.3 is 19.9 Å². The topological polar surface area (TPSA) is 87.9 Å². The zero-order chi connectivity index (χ0) is 22.5. The van der Waals surface area contributed by atoms with Gasteiger partial charge in [-0.1, -0.05) is 42.5 Å². The summed E-state index contributed by atoms with van der Waals surface area (Å²) in [5, 5.41) is 0. The summed E-state index contributed by atoms with van der Waals surface area (Å²) in [5.41, 5.74) is 4.91. The lowest BCUT2D eigenvalue weighted by atomic mass is 9.90. The molecule has 31 heavy (non-hydrogen) atoms. The lowest BCUT2D eigenvalue weighted by molar-refractivity contribution is -0.174. The quantitative estimate of drug-likeness (QED) is 0.527. The highest BCUT2D eigenvalue weighted by molar-refractivity contribution is 6.05. The number of carbonyl (C=O) groups is 2. The van der Waals surface area contributed by atoms with Crippen molar-refractivity contribution >= 4 is 11.9 Å². The second-order valence-corrected chi connectivity index (χ2v) is 8.92. The Morgan fingerprint density at radius 1 is 0.935 bits per heavy atom. The summed E-state index contributed by atoms with van der Waals surface area (Å²) in [7, 11) is 0. The van der Waals surface area contributed by atoms with E-state index in [4.69, 9.17) is 19.9 Å². The molecule has 0 heterocycles. The molecule has 0 radical (unpaired) electrons. The molecule has 1 fully saturated rings. The molecule has 0 spiro atoms. The molecular weight excluding hydrogens is 394 g/mol. The fraction of sp³-hybridized carbons (Fsp3) is 0.440. The molecule has 2 aromatic rings. The molecule has 1 aliphatic rings. The van der Waals surface area contributed by atoms with Gasteiger partial charge in [0.15, 0.2) is 0 Å². The molecule has 1 aliphatic carbocycles. The van der Waals surface area contributed by atoms with Crippen LogP contribution in [-0.4, -0.2) is 23.6 Å². The van der Waals surface area contributed by atoms with Crippen molar-refractivity contribution in [3.8, 4) is 5.75 Å². The van der Waals surface area contributed by atoms with Gasteiger partial charge in [-0.15, -0.1) is 0 Å². The van der Waals surface area contributed by atoms with Crippen molar-refractivity contribution in [2.45, 2.75) is 70.3 Å². The molecule has 0 aliphatic heterocycles. The Morgan fingerprint density at radius 2 is 1.55 bits per heavy atom. The second-order valence-electron chi connectivity index (χ2n) is 8.92.